The van der Waals surface area contributed by atoms with Crippen molar-refractivity contribution >= 4 is 0 Å². The van der Waals surface area contributed by atoms with Gasteiger partial charge in [-0.25, -0.2) is 0 Å². The Morgan fingerprint density at radius 2 is 2.18 bits per heavy atom. The van der Waals surface area contributed by atoms with Crippen LogP contribution in [0.25, 0.3) is 0 Å². The molecule has 1 aliphatic rings. The summed E-state index contributed by atoms with van der Waals surface area (Å²) in [5.74, 6) is 1.58. The fraction of sp³-hybridized carbons (Fsp3) is 0.571. The molecule has 0 radical (unpaired) electrons. The Labute approximate surface area is 103 Å². The van der Waals surface area contributed by atoms with Crippen molar-refractivity contribution in [2.24, 2.45) is 5.92 Å². The van der Waals surface area contributed by atoms with E-state index in [1.165, 1.54) is 18.4 Å². The summed E-state index contributed by atoms with van der Waals surface area (Å²) < 4.78 is 0. The molecule has 1 heterocycles. The van der Waals surface area contributed by atoms with Crippen LogP contribution in [0.5, 0.6) is 5.75 Å². The van der Waals surface area contributed by atoms with E-state index in [1.54, 1.807) is 12.1 Å². The van der Waals surface area contributed by atoms with E-state index in [0.29, 0.717) is 17.6 Å². The molecule has 2 rings (SSSR count). The Morgan fingerprint density at radius 1 is 1.41 bits per heavy atom. The van der Waals surface area contributed by atoms with Crippen molar-refractivity contribution in [2.75, 3.05) is 26.7 Å². The SMILES string of the molecule is CNCC(c1ccc(O)cc1)C1CCCNC1. The lowest BCUT2D eigenvalue weighted by molar-refractivity contribution is 0.317. The standard InChI is InChI=1S/C14H22N2O/c1-15-10-14(12-3-2-8-16-9-12)11-4-6-13(17)7-5-11/h4-7,12,14-17H,2-3,8-10H2,1H3. The van der Waals surface area contributed by atoms with Crippen molar-refractivity contribution in [1.82, 2.24) is 10.6 Å². The van der Waals surface area contributed by atoms with Crippen LogP contribution >= 0.6 is 0 Å². The van der Waals surface area contributed by atoms with Gasteiger partial charge >= 0.3 is 0 Å². The molecule has 94 valence electrons. The molecule has 0 saturated carbocycles. The summed E-state index contributed by atoms with van der Waals surface area (Å²) in [7, 11) is 2.00. The predicted octanol–water partition coefficient (Wildman–Crippen LogP) is 1.69. The fourth-order valence-corrected chi connectivity index (χ4v) is 2.72. The third-order valence-electron chi connectivity index (χ3n) is 3.65. The van der Waals surface area contributed by atoms with Crippen molar-refractivity contribution in [1.29, 1.82) is 0 Å². The summed E-state index contributed by atoms with van der Waals surface area (Å²) in [6.07, 6.45) is 2.56. The molecule has 3 nitrogen and oxygen atoms in total. The maximum absolute atomic E-state index is 9.35. The quantitative estimate of drug-likeness (QED) is 0.743. The number of phenolic OH excluding ortho intramolecular Hbond substituents is 1. The molecule has 3 N–H and O–H groups in total. The third kappa shape index (κ3) is 3.20. The van der Waals surface area contributed by atoms with E-state index >= 15 is 0 Å². The number of hydrogen-bond donors (Lipinski definition) is 3. The lowest BCUT2D eigenvalue weighted by atomic mass is 9.81. The van der Waals surface area contributed by atoms with Crippen LogP contribution in [0.4, 0.5) is 0 Å². The molecule has 2 unspecified atom stereocenters. The van der Waals surface area contributed by atoms with E-state index in [2.05, 4.69) is 10.6 Å². The Bertz CT molecular complexity index is 331. The third-order valence-corrected chi connectivity index (χ3v) is 3.65. The number of rotatable bonds is 4. The molecule has 1 fully saturated rings. The first kappa shape index (κ1) is 12.4. The molecule has 1 aliphatic heterocycles. The number of phenols is 1. The molecule has 0 aromatic heterocycles. The zero-order valence-corrected chi connectivity index (χ0v) is 10.4. The molecule has 0 bridgehead atoms. The van der Waals surface area contributed by atoms with Gasteiger partial charge in [-0.1, -0.05) is 12.1 Å². The minimum atomic E-state index is 0.346. The minimum absolute atomic E-state index is 0.346. The van der Waals surface area contributed by atoms with Crippen molar-refractivity contribution in [3.05, 3.63) is 29.8 Å². The molecule has 0 amide bonds. The average Bonchev–Trinajstić information content (AvgIpc) is 2.38. The van der Waals surface area contributed by atoms with Crippen molar-refractivity contribution in [2.45, 2.75) is 18.8 Å². The number of aromatic hydroxyl groups is 1. The second-order valence-corrected chi connectivity index (χ2v) is 4.86. The zero-order valence-electron chi connectivity index (χ0n) is 10.4. The first-order valence-corrected chi connectivity index (χ1v) is 6.45. The van der Waals surface area contributed by atoms with Gasteiger partial charge in [0, 0.05) is 12.5 Å². The van der Waals surface area contributed by atoms with Crippen LogP contribution in [0.2, 0.25) is 0 Å². The van der Waals surface area contributed by atoms with Crippen LogP contribution < -0.4 is 10.6 Å². The maximum atomic E-state index is 9.35. The average molecular weight is 234 g/mol. The van der Waals surface area contributed by atoms with Crippen LogP contribution in [0.1, 0.15) is 24.3 Å². The van der Waals surface area contributed by atoms with Crippen LogP contribution in [0, 0.1) is 5.92 Å². The number of nitrogens with one attached hydrogen (secondary N) is 2. The van der Waals surface area contributed by atoms with Gasteiger partial charge in [-0.3, -0.25) is 0 Å². The predicted molar refractivity (Wildman–Crippen MR) is 70.4 cm³/mol. The molecular weight excluding hydrogens is 212 g/mol. The second kappa shape index (κ2) is 6.03. The Balaban J connectivity index is 2.12. The lowest BCUT2D eigenvalue weighted by Gasteiger charge is -2.31. The monoisotopic (exact) mass is 234 g/mol. The van der Waals surface area contributed by atoms with Crippen LogP contribution in [0.3, 0.4) is 0 Å². The highest BCUT2D eigenvalue weighted by Gasteiger charge is 2.24. The molecule has 17 heavy (non-hydrogen) atoms. The number of piperidine rings is 1. The minimum Gasteiger partial charge on any atom is -0.508 e. The van der Waals surface area contributed by atoms with Crippen molar-refractivity contribution in [3.8, 4) is 5.75 Å². The summed E-state index contributed by atoms with van der Waals surface area (Å²) in [6.45, 7) is 3.25. The van der Waals surface area contributed by atoms with E-state index in [-0.39, 0.29) is 0 Å². The second-order valence-electron chi connectivity index (χ2n) is 4.86. The molecule has 0 aliphatic carbocycles. The van der Waals surface area contributed by atoms with Crippen LogP contribution in [0.15, 0.2) is 24.3 Å². The summed E-state index contributed by atoms with van der Waals surface area (Å²) >= 11 is 0. The first-order valence-electron chi connectivity index (χ1n) is 6.45. The molecule has 1 aromatic rings. The largest absolute Gasteiger partial charge is 0.508 e. The summed E-state index contributed by atoms with van der Waals surface area (Å²) in [5, 5.41) is 16.1. The van der Waals surface area contributed by atoms with Gasteiger partial charge in [0.2, 0.25) is 0 Å². The molecule has 3 heteroatoms. The smallest absolute Gasteiger partial charge is 0.115 e. The summed E-state index contributed by atoms with van der Waals surface area (Å²) in [4.78, 5) is 0. The van der Waals surface area contributed by atoms with E-state index in [0.717, 1.165) is 19.6 Å². The van der Waals surface area contributed by atoms with Crippen LogP contribution in [-0.4, -0.2) is 31.8 Å². The van der Waals surface area contributed by atoms with E-state index in [4.69, 9.17) is 0 Å². The fourth-order valence-electron chi connectivity index (χ4n) is 2.72. The van der Waals surface area contributed by atoms with Crippen LogP contribution in [-0.2, 0) is 0 Å². The topological polar surface area (TPSA) is 44.3 Å². The Kier molecular flexibility index (Phi) is 4.40. The van der Waals surface area contributed by atoms with Gasteiger partial charge in [0.25, 0.3) is 0 Å². The first-order chi connectivity index (χ1) is 8.31. The number of hydrogen-bond acceptors (Lipinski definition) is 3. The van der Waals surface area contributed by atoms with Gasteiger partial charge in [0.1, 0.15) is 5.75 Å². The van der Waals surface area contributed by atoms with Gasteiger partial charge in [-0.05, 0) is 56.6 Å². The van der Waals surface area contributed by atoms with Gasteiger partial charge < -0.3 is 15.7 Å². The summed E-state index contributed by atoms with van der Waals surface area (Å²) in [6, 6.07) is 7.67. The highest BCUT2D eigenvalue weighted by atomic mass is 16.3. The van der Waals surface area contributed by atoms with E-state index in [9.17, 15) is 5.11 Å². The van der Waals surface area contributed by atoms with E-state index < -0.39 is 0 Å². The van der Waals surface area contributed by atoms with Gasteiger partial charge in [0.15, 0.2) is 0 Å². The normalized spacial score (nSPS) is 22.3. The number of benzene rings is 1. The zero-order chi connectivity index (χ0) is 12.1. The highest BCUT2D eigenvalue weighted by Crippen LogP contribution is 2.29. The molecule has 0 spiro atoms. The Hall–Kier alpha value is -1.06. The van der Waals surface area contributed by atoms with Crippen molar-refractivity contribution < 1.29 is 5.11 Å². The lowest BCUT2D eigenvalue weighted by Crippen LogP contribution is -2.36. The molecule has 2 atom stereocenters. The van der Waals surface area contributed by atoms with Gasteiger partial charge in [0.05, 0.1) is 0 Å². The highest BCUT2D eigenvalue weighted by molar-refractivity contribution is 5.29. The van der Waals surface area contributed by atoms with Gasteiger partial charge in [-0.15, -0.1) is 0 Å². The molecule has 1 saturated heterocycles. The van der Waals surface area contributed by atoms with Gasteiger partial charge in [-0.2, -0.15) is 0 Å². The summed E-state index contributed by atoms with van der Waals surface area (Å²) in [5.41, 5.74) is 1.32. The molecular formula is C14H22N2O. The maximum Gasteiger partial charge on any atom is 0.115 e. The molecule has 1 aromatic carbocycles. The number of likely N-dealkylation sites (N-methyl/N-ethyl adjacent to an activating group) is 1. The Morgan fingerprint density at radius 3 is 2.76 bits per heavy atom. The van der Waals surface area contributed by atoms with Crippen molar-refractivity contribution in [3.63, 3.8) is 0 Å². The van der Waals surface area contributed by atoms with E-state index in [1.807, 2.05) is 19.2 Å².